The van der Waals surface area contributed by atoms with Gasteiger partial charge in [-0.2, -0.15) is 0 Å². The zero-order chi connectivity index (χ0) is 15.3. The third kappa shape index (κ3) is 3.91. The molecule has 0 unspecified atom stereocenters. The summed E-state index contributed by atoms with van der Waals surface area (Å²) in [5, 5.41) is 23.3. The minimum atomic E-state index is -0.386. The monoisotopic (exact) mass is 281 g/mol. The molecule has 0 aliphatic heterocycles. The van der Waals surface area contributed by atoms with E-state index < -0.39 is 0 Å². The molecule has 20 heavy (non-hydrogen) atoms. The van der Waals surface area contributed by atoms with Crippen LogP contribution in [0.5, 0.6) is 0 Å². The first kappa shape index (κ1) is 16.4. The summed E-state index contributed by atoms with van der Waals surface area (Å²) >= 11 is 0. The summed E-state index contributed by atoms with van der Waals surface area (Å²) in [5.41, 5.74) is 1.25. The molecule has 0 aliphatic carbocycles. The van der Waals surface area contributed by atoms with Crippen molar-refractivity contribution in [2.24, 2.45) is 0 Å². The Labute approximate surface area is 119 Å². The van der Waals surface area contributed by atoms with Crippen molar-refractivity contribution < 1.29 is 10.0 Å². The Morgan fingerprint density at radius 1 is 1.45 bits per heavy atom. The van der Waals surface area contributed by atoms with Gasteiger partial charge in [-0.15, -0.1) is 0 Å². The van der Waals surface area contributed by atoms with Gasteiger partial charge in [-0.05, 0) is 39.4 Å². The Hall–Kier alpha value is -1.66. The quantitative estimate of drug-likeness (QED) is 0.592. The third-order valence-corrected chi connectivity index (χ3v) is 3.46. The molecular weight excluding hydrogens is 258 g/mol. The molecule has 2 N–H and O–H groups in total. The highest BCUT2D eigenvalue weighted by atomic mass is 16.6. The highest BCUT2D eigenvalue weighted by Crippen LogP contribution is 2.26. The molecule has 0 spiro atoms. The second kappa shape index (κ2) is 6.67. The molecule has 0 heterocycles. The molecule has 0 amide bonds. The molecule has 0 saturated carbocycles. The van der Waals surface area contributed by atoms with E-state index >= 15 is 0 Å². The zero-order valence-electron chi connectivity index (χ0n) is 12.5. The molecule has 6 nitrogen and oxygen atoms in total. The van der Waals surface area contributed by atoms with Crippen LogP contribution in [0.4, 0.5) is 11.4 Å². The van der Waals surface area contributed by atoms with Crippen LogP contribution in [0.3, 0.4) is 0 Å². The van der Waals surface area contributed by atoms with Gasteiger partial charge in [0.2, 0.25) is 0 Å². The standard InChI is InChI=1S/C14H23N3O3/c1-5-15-12-8-11(6-7-13(12)17(19)20)9-16(4)14(2,3)10-18/h6-8,15,18H,5,9-10H2,1-4H3. The van der Waals surface area contributed by atoms with E-state index in [0.717, 1.165) is 5.56 Å². The van der Waals surface area contributed by atoms with Crippen LogP contribution in [-0.4, -0.2) is 40.7 Å². The number of rotatable bonds is 7. The van der Waals surface area contributed by atoms with E-state index in [1.54, 1.807) is 12.1 Å². The number of hydrogen-bond donors (Lipinski definition) is 2. The van der Waals surface area contributed by atoms with Crippen LogP contribution in [-0.2, 0) is 6.54 Å². The second-order valence-corrected chi connectivity index (χ2v) is 5.47. The van der Waals surface area contributed by atoms with Crippen LogP contribution in [0, 0.1) is 10.1 Å². The summed E-state index contributed by atoms with van der Waals surface area (Å²) in [4.78, 5) is 12.6. The van der Waals surface area contributed by atoms with E-state index in [1.165, 1.54) is 6.07 Å². The van der Waals surface area contributed by atoms with E-state index in [2.05, 4.69) is 5.32 Å². The average Bonchev–Trinajstić information content (AvgIpc) is 2.39. The Morgan fingerprint density at radius 3 is 2.60 bits per heavy atom. The number of benzene rings is 1. The fourth-order valence-corrected chi connectivity index (χ4v) is 1.78. The first-order valence-corrected chi connectivity index (χ1v) is 6.65. The van der Waals surface area contributed by atoms with Crippen molar-refractivity contribution >= 4 is 11.4 Å². The van der Waals surface area contributed by atoms with E-state index in [0.29, 0.717) is 18.8 Å². The lowest BCUT2D eigenvalue weighted by Gasteiger charge is -2.33. The van der Waals surface area contributed by atoms with Gasteiger partial charge < -0.3 is 10.4 Å². The number of hydrogen-bond acceptors (Lipinski definition) is 5. The van der Waals surface area contributed by atoms with Gasteiger partial charge in [0.05, 0.1) is 11.5 Å². The van der Waals surface area contributed by atoms with Gasteiger partial charge in [-0.1, -0.05) is 6.07 Å². The topological polar surface area (TPSA) is 78.6 Å². The minimum absolute atomic E-state index is 0.0521. The molecule has 0 fully saturated rings. The predicted molar refractivity (Wildman–Crippen MR) is 79.9 cm³/mol. The molecule has 0 radical (unpaired) electrons. The molecule has 1 aromatic rings. The van der Waals surface area contributed by atoms with Crippen molar-refractivity contribution in [3.8, 4) is 0 Å². The summed E-state index contributed by atoms with van der Waals surface area (Å²) in [6.45, 7) is 7.09. The zero-order valence-corrected chi connectivity index (χ0v) is 12.5. The smallest absolute Gasteiger partial charge is 0.292 e. The molecule has 0 aliphatic rings. The van der Waals surface area contributed by atoms with Gasteiger partial charge in [-0.3, -0.25) is 15.0 Å². The molecule has 6 heteroatoms. The van der Waals surface area contributed by atoms with Crippen LogP contribution in [0.15, 0.2) is 18.2 Å². The SMILES string of the molecule is CCNc1cc(CN(C)C(C)(C)CO)ccc1[N+](=O)[O-]. The van der Waals surface area contributed by atoms with Crippen molar-refractivity contribution in [1.82, 2.24) is 4.90 Å². The number of nitro benzene ring substituents is 1. The lowest BCUT2D eigenvalue weighted by Crippen LogP contribution is -2.43. The van der Waals surface area contributed by atoms with Gasteiger partial charge in [-0.25, -0.2) is 0 Å². The van der Waals surface area contributed by atoms with Crippen molar-refractivity contribution in [1.29, 1.82) is 0 Å². The van der Waals surface area contributed by atoms with E-state index in [1.807, 2.05) is 32.7 Å². The van der Waals surface area contributed by atoms with Gasteiger partial charge in [0, 0.05) is 24.7 Å². The number of likely N-dealkylation sites (N-methyl/N-ethyl adjacent to an activating group) is 1. The maximum Gasteiger partial charge on any atom is 0.292 e. The maximum absolute atomic E-state index is 11.0. The number of nitro groups is 1. The summed E-state index contributed by atoms with van der Waals surface area (Å²) in [6, 6.07) is 5.07. The minimum Gasteiger partial charge on any atom is -0.394 e. The van der Waals surface area contributed by atoms with E-state index in [9.17, 15) is 15.2 Å². The summed E-state index contributed by atoms with van der Waals surface area (Å²) in [6.07, 6.45) is 0. The second-order valence-electron chi connectivity index (χ2n) is 5.47. The first-order valence-electron chi connectivity index (χ1n) is 6.65. The lowest BCUT2D eigenvalue weighted by atomic mass is 10.0. The van der Waals surface area contributed by atoms with Crippen LogP contribution in [0.1, 0.15) is 26.3 Å². The average molecular weight is 281 g/mol. The highest BCUT2D eigenvalue weighted by molar-refractivity contribution is 5.62. The van der Waals surface area contributed by atoms with Crippen molar-refractivity contribution in [3.63, 3.8) is 0 Å². The van der Waals surface area contributed by atoms with Crippen LogP contribution in [0.2, 0.25) is 0 Å². The number of nitrogens with one attached hydrogen (secondary N) is 1. The molecular formula is C14H23N3O3. The van der Waals surface area contributed by atoms with Gasteiger partial charge in [0.25, 0.3) is 5.69 Å². The normalized spacial score (nSPS) is 11.7. The molecule has 112 valence electrons. The van der Waals surface area contributed by atoms with E-state index in [4.69, 9.17) is 0 Å². The molecule has 0 bridgehead atoms. The highest BCUT2D eigenvalue weighted by Gasteiger charge is 2.23. The summed E-state index contributed by atoms with van der Waals surface area (Å²) < 4.78 is 0. The van der Waals surface area contributed by atoms with Crippen molar-refractivity contribution in [2.75, 3.05) is 25.5 Å². The summed E-state index contributed by atoms with van der Waals surface area (Å²) in [7, 11) is 1.92. The fourth-order valence-electron chi connectivity index (χ4n) is 1.78. The Bertz CT molecular complexity index is 475. The van der Waals surface area contributed by atoms with Gasteiger partial charge in [0.1, 0.15) is 5.69 Å². The number of nitrogens with zero attached hydrogens (tertiary/aromatic N) is 2. The number of aliphatic hydroxyl groups excluding tert-OH is 1. The number of anilines is 1. The summed E-state index contributed by atoms with van der Waals surface area (Å²) in [5.74, 6) is 0. The molecule has 0 aromatic heterocycles. The van der Waals surface area contributed by atoms with Crippen LogP contribution >= 0.6 is 0 Å². The fraction of sp³-hybridized carbons (Fsp3) is 0.571. The Balaban J connectivity index is 2.98. The third-order valence-electron chi connectivity index (χ3n) is 3.46. The molecule has 0 saturated heterocycles. The lowest BCUT2D eigenvalue weighted by molar-refractivity contribution is -0.384. The van der Waals surface area contributed by atoms with Crippen molar-refractivity contribution in [2.45, 2.75) is 32.9 Å². The van der Waals surface area contributed by atoms with Gasteiger partial charge >= 0.3 is 0 Å². The van der Waals surface area contributed by atoms with E-state index in [-0.39, 0.29) is 22.8 Å². The first-order chi connectivity index (χ1) is 9.31. The van der Waals surface area contributed by atoms with Crippen LogP contribution in [0.25, 0.3) is 0 Å². The Kier molecular flexibility index (Phi) is 5.47. The Morgan fingerprint density at radius 2 is 2.10 bits per heavy atom. The molecule has 0 atom stereocenters. The predicted octanol–water partition coefficient (Wildman–Crippen LogP) is 2.23. The van der Waals surface area contributed by atoms with Gasteiger partial charge in [0.15, 0.2) is 0 Å². The maximum atomic E-state index is 11.0. The molecule has 1 rings (SSSR count). The number of aliphatic hydroxyl groups is 1. The largest absolute Gasteiger partial charge is 0.394 e. The van der Waals surface area contributed by atoms with Crippen LogP contribution < -0.4 is 5.32 Å². The molecule has 1 aromatic carbocycles. The van der Waals surface area contributed by atoms with Crippen molar-refractivity contribution in [3.05, 3.63) is 33.9 Å².